The maximum atomic E-state index is 15.9. The predicted molar refractivity (Wildman–Crippen MR) is 238 cm³/mol. The molecule has 7 aliphatic carbocycles. The average Bonchev–Trinajstić information content (AvgIpc) is 3.47. The van der Waals surface area contributed by atoms with Crippen LogP contribution in [0.3, 0.4) is 0 Å². The minimum Gasteiger partial charge on any atom is -0.481 e. The summed E-state index contributed by atoms with van der Waals surface area (Å²) in [7, 11) is 4.28. The fourth-order valence-electron chi connectivity index (χ4n) is 17.5. The highest BCUT2D eigenvalue weighted by atomic mass is 16.5. The van der Waals surface area contributed by atoms with Gasteiger partial charge in [0.25, 0.3) is 0 Å². The van der Waals surface area contributed by atoms with Crippen molar-refractivity contribution in [1.29, 1.82) is 0 Å². The molecule has 9 heteroatoms. The summed E-state index contributed by atoms with van der Waals surface area (Å²) in [4.78, 5) is 51.3. The second kappa shape index (κ2) is 14.3. The first-order valence-corrected chi connectivity index (χ1v) is 24.9. The molecule has 1 saturated heterocycles. The van der Waals surface area contributed by atoms with Crippen LogP contribution in [0.5, 0.6) is 0 Å². The van der Waals surface area contributed by atoms with Gasteiger partial charge < -0.3 is 24.2 Å². The van der Waals surface area contributed by atoms with Gasteiger partial charge in [-0.05, 0) is 181 Å². The molecule has 9 nitrogen and oxygen atoms in total. The van der Waals surface area contributed by atoms with Crippen LogP contribution in [-0.2, 0) is 25.7 Å². The summed E-state index contributed by atoms with van der Waals surface area (Å²) in [5.74, 6) is 2.41. The molecule has 1 aromatic heterocycles. The second-order valence-electron chi connectivity index (χ2n) is 25.2. The molecule has 7 saturated carbocycles. The molecule has 0 bridgehead atoms. The Hall–Kier alpha value is -2.42. The number of carboxylic acids is 1. The molecule has 1 amide bonds. The molecule has 8 aliphatic rings. The summed E-state index contributed by atoms with van der Waals surface area (Å²) in [6, 6.07) is 0.0593. The molecule has 9 rings (SSSR count). The lowest BCUT2D eigenvalue weighted by Crippen LogP contribution is -2.67. The Balaban J connectivity index is 0.988. The van der Waals surface area contributed by atoms with Crippen LogP contribution in [-0.4, -0.2) is 75.6 Å². The summed E-state index contributed by atoms with van der Waals surface area (Å²) in [6.07, 6.45) is 16.1. The van der Waals surface area contributed by atoms with E-state index in [-0.39, 0.29) is 51.1 Å². The van der Waals surface area contributed by atoms with E-state index in [0.717, 1.165) is 82.5 Å². The number of fused-ring (bicyclic) bond motifs is 7. The number of likely N-dealkylation sites (N-methyl/N-ethyl adjacent to an activating group) is 1. The number of aliphatic carboxylic acids is 1. The third kappa shape index (κ3) is 6.11. The third-order valence-corrected chi connectivity index (χ3v) is 21.9. The molecule has 1 aliphatic heterocycles. The fourth-order valence-corrected chi connectivity index (χ4v) is 17.5. The third-order valence-electron chi connectivity index (χ3n) is 21.9. The minimum absolute atomic E-state index is 0.0593. The first kappa shape index (κ1) is 43.8. The Kier molecular flexibility index (Phi) is 10.3. The van der Waals surface area contributed by atoms with Crippen molar-refractivity contribution in [3.05, 3.63) is 17.2 Å². The number of carbonyl (C=O) groups excluding carboxylic acids is 2. The molecule has 2 heterocycles. The van der Waals surface area contributed by atoms with Crippen LogP contribution in [0.15, 0.2) is 0 Å². The summed E-state index contributed by atoms with van der Waals surface area (Å²) >= 11 is 0. The zero-order valence-electron chi connectivity index (χ0n) is 40.3. The Labute approximate surface area is 368 Å². The topological polar surface area (TPSA) is 105 Å². The van der Waals surface area contributed by atoms with Crippen molar-refractivity contribution in [3.63, 3.8) is 0 Å². The lowest BCUT2D eigenvalue weighted by Gasteiger charge is -2.73. The van der Waals surface area contributed by atoms with E-state index in [1.165, 1.54) is 44.2 Å². The summed E-state index contributed by atoms with van der Waals surface area (Å²) in [5.41, 5.74) is 2.17. The van der Waals surface area contributed by atoms with Crippen LogP contribution in [0.2, 0.25) is 0 Å². The van der Waals surface area contributed by atoms with Gasteiger partial charge in [-0.25, -0.2) is 4.98 Å². The van der Waals surface area contributed by atoms with Gasteiger partial charge in [0, 0.05) is 30.7 Å². The van der Waals surface area contributed by atoms with Crippen LogP contribution in [0.1, 0.15) is 175 Å². The van der Waals surface area contributed by atoms with Gasteiger partial charge in [-0.2, -0.15) is 0 Å². The molecule has 0 spiro atoms. The number of rotatable bonds is 9. The number of hydrogen-bond acceptors (Lipinski definition) is 6. The maximum Gasteiger partial charge on any atom is 0.309 e. The predicted octanol–water partition coefficient (Wildman–Crippen LogP) is 10.3. The maximum absolute atomic E-state index is 15.9. The highest BCUT2D eigenvalue weighted by molar-refractivity contribution is 5.85. The number of hydrogen-bond donors (Lipinski definition) is 1. The molecule has 0 radical (unpaired) electrons. The van der Waals surface area contributed by atoms with Crippen molar-refractivity contribution >= 4 is 17.8 Å². The molecule has 340 valence electrons. The highest BCUT2D eigenvalue weighted by Gasteiger charge is 2.74. The Morgan fingerprint density at radius 1 is 0.770 bits per heavy atom. The summed E-state index contributed by atoms with van der Waals surface area (Å²) in [6.45, 7) is 26.2. The normalized spacial score (nSPS) is 44.0. The van der Waals surface area contributed by atoms with Crippen LogP contribution >= 0.6 is 0 Å². The summed E-state index contributed by atoms with van der Waals surface area (Å²) < 4.78 is 8.94. The van der Waals surface area contributed by atoms with Gasteiger partial charge in [0.1, 0.15) is 11.9 Å². The van der Waals surface area contributed by atoms with Gasteiger partial charge >= 0.3 is 11.9 Å². The van der Waals surface area contributed by atoms with E-state index in [1.54, 1.807) is 0 Å². The molecule has 61 heavy (non-hydrogen) atoms. The zero-order chi connectivity index (χ0) is 44.0. The number of nitrogens with zero attached hydrogens (tertiary/aromatic N) is 4. The molecule has 0 aromatic carbocycles. The molecule has 8 fully saturated rings. The van der Waals surface area contributed by atoms with Crippen molar-refractivity contribution < 1.29 is 24.2 Å². The van der Waals surface area contributed by atoms with Gasteiger partial charge in [-0.15, -0.1) is 0 Å². The lowest BCUT2D eigenvalue weighted by atomic mass is 9.32. The first-order valence-electron chi connectivity index (χ1n) is 24.9. The quantitative estimate of drug-likeness (QED) is 0.247. The fraction of sp³-hybridized carbons (Fsp3) is 0.885. The van der Waals surface area contributed by atoms with E-state index < -0.39 is 17.3 Å². The van der Waals surface area contributed by atoms with Crippen molar-refractivity contribution in [2.45, 2.75) is 184 Å². The Morgan fingerprint density at radius 2 is 1.49 bits per heavy atom. The van der Waals surface area contributed by atoms with E-state index in [0.29, 0.717) is 47.3 Å². The number of aryl methyl sites for hydroxylation is 1. The van der Waals surface area contributed by atoms with E-state index in [9.17, 15) is 14.7 Å². The van der Waals surface area contributed by atoms with Gasteiger partial charge in [0.2, 0.25) is 5.91 Å². The van der Waals surface area contributed by atoms with Crippen LogP contribution in [0, 0.1) is 93.2 Å². The average molecular weight is 843 g/mol. The van der Waals surface area contributed by atoms with E-state index in [2.05, 4.69) is 83.9 Å². The second-order valence-corrected chi connectivity index (χ2v) is 25.2. The molecule has 1 aromatic rings. The van der Waals surface area contributed by atoms with Gasteiger partial charge in [-0.3, -0.25) is 14.4 Å². The van der Waals surface area contributed by atoms with Crippen molar-refractivity contribution in [2.75, 3.05) is 27.2 Å². The van der Waals surface area contributed by atoms with E-state index in [4.69, 9.17) is 9.72 Å². The molecule has 1 N–H and O–H groups in total. The van der Waals surface area contributed by atoms with E-state index >= 15 is 4.79 Å². The number of amides is 1. The van der Waals surface area contributed by atoms with Crippen molar-refractivity contribution in [3.8, 4) is 0 Å². The number of carbonyl (C=O) groups is 3. The number of imidazole rings is 1. The number of ether oxygens (including phenoxy) is 1. The first-order chi connectivity index (χ1) is 28.5. The summed E-state index contributed by atoms with van der Waals surface area (Å²) in [5, 5.41) is 9.73. The van der Waals surface area contributed by atoms with Crippen LogP contribution in [0.25, 0.3) is 0 Å². The largest absolute Gasteiger partial charge is 0.481 e. The monoisotopic (exact) mass is 843 g/mol. The van der Waals surface area contributed by atoms with Crippen molar-refractivity contribution in [1.82, 2.24) is 19.4 Å². The minimum atomic E-state index is -0.808. The molecule has 13 atom stereocenters. The number of carboxylic acid groups (broad SMARTS) is 1. The Bertz CT molecular complexity index is 1950. The van der Waals surface area contributed by atoms with Crippen LogP contribution < -0.4 is 0 Å². The van der Waals surface area contributed by atoms with Gasteiger partial charge in [0.15, 0.2) is 0 Å². The standard InChI is InChI=1S/C52H82N4O5/c1-31-32(2)55(29-28-54(11)12)42(53-31)37-14-13-27-56(37)45(60)52-22-17-33(48(7)23-24-48)41(52)34-15-16-39-49(8)20-19-40(61-44(59)36-30-35(43(57)58)46(36,3)4)47(5,6)38(49)18-21-51(39,10)50(34,9)25-26-52/h33-41H,13-30H2,1-12H3,(H,57,58)/t33?,34-,35+,36-,37+,38+,39-,40+,41-,49+,50-,51-,52+/m1/s1. The van der Waals surface area contributed by atoms with Gasteiger partial charge in [-0.1, -0.05) is 55.4 Å². The molecular weight excluding hydrogens is 761 g/mol. The molecule has 1 unspecified atom stereocenters. The number of esters is 1. The number of likely N-dealkylation sites (tertiary alicyclic amines) is 1. The van der Waals surface area contributed by atoms with Crippen LogP contribution in [0.4, 0.5) is 0 Å². The highest BCUT2D eigenvalue weighted by Crippen LogP contribution is 2.79. The van der Waals surface area contributed by atoms with Crippen molar-refractivity contribution in [2.24, 2.45) is 79.3 Å². The van der Waals surface area contributed by atoms with E-state index in [1.807, 2.05) is 13.8 Å². The smallest absolute Gasteiger partial charge is 0.309 e. The zero-order valence-corrected chi connectivity index (χ0v) is 40.3. The number of aromatic nitrogens is 2. The van der Waals surface area contributed by atoms with Gasteiger partial charge in [0.05, 0.1) is 29.0 Å². The lowest BCUT2D eigenvalue weighted by molar-refractivity contribution is -0.253. The SMILES string of the molecule is Cc1nc([C@@H]2CCCN2C(=O)[C@]23CCC(C4(C)CC4)[C@@H]2[C@H]2CC[C@@H]4[C@@]5(C)CC[C@H](OC(=O)[C@H]6C[C@@H](C(=O)O)C6(C)C)C(C)(C)[C@@H]5CC[C@@]4(C)[C@]2(C)CC3)n(CCN(C)C)c1C. The molecular formula is C52H82N4O5. The Morgan fingerprint density at radius 3 is 2.15 bits per heavy atom.